The molecule has 0 bridgehead atoms. The first-order chi connectivity index (χ1) is 14.7. The molecule has 1 fully saturated rings. The van der Waals surface area contributed by atoms with Crippen LogP contribution in [-0.2, 0) is 20.5 Å². The van der Waals surface area contributed by atoms with Gasteiger partial charge in [-0.15, -0.1) is 0 Å². The van der Waals surface area contributed by atoms with Gasteiger partial charge in [0.05, 0.1) is 41.3 Å². The number of aromatic amines is 1. The van der Waals surface area contributed by atoms with Crippen LogP contribution in [-0.4, -0.2) is 65.1 Å². The molecule has 12 heteroatoms. The zero-order valence-corrected chi connectivity index (χ0v) is 17.8. The first-order valence-electron chi connectivity index (χ1n) is 9.45. The van der Waals surface area contributed by atoms with Crippen molar-refractivity contribution in [3.63, 3.8) is 0 Å². The molecule has 2 aromatic heterocycles. The molecule has 0 saturated carbocycles. The highest BCUT2D eigenvalue weighted by Crippen LogP contribution is 2.30. The van der Waals surface area contributed by atoms with Gasteiger partial charge in [0.2, 0.25) is 10.0 Å². The van der Waals surface area contributed by atoms with E-state index in [1.54, 1.807) is 30.3 Å². The number of pyridine rings is 1. The van der Waals surface area contributed by atoms with Gasteiger partial charge in [0.25, 0.3) is 6.01 Å². The van der Waals surface area contributed by atoms with Crippen molar-refractivity contribution in [1.29, 1.82) is 0 Å². The third kappa shape index (κ3) is 5.14. The monoisotopic (exact) mass is 468 g/mol. The maximum atomic E-state index is 11.2. The summed E-state index contributed by atoms with van der Waals surface area (Å²) in [5.41, 5.74) is 2.68. The van der Waals surface area contributed by atoms with E-state index in [9.17, 15) is 13.5 Å². The average Bonchev–Trinajstić information content (AvgIpc) is 3.08. The van der Waals surface area contributed by atoms with Crippen molar-refractivity contribution in [2.24, 2.45) is 5.14 Å². The molecule has 5 N–H and O–H groups in total. The Morgan fingerprint density at radius 3 is 2.68 bits per heavy atom. The summed E-state index contributed by atoms with van der Waals surface area (Å²) in [4.78, 5) is 11.8. The highest BCUT2D eigenvalue weighted by molar-refractivity contribution is 7.88. The Hall–Kier alpha value is -2.28. The van der Waals surface area contributed by atoms with Crippen molar-refractivity contribution in [1.82, 2.24) is 15.0 Å². The van der Waals surface area contributed by atoms with Crippen LogP contribution in [0.5, 0.6) is 6.01 Å². The molecule has 166 valence electrons. The third-order valence-electron chi connectivity index (χ3n) is 4.89. The van der Waals surface area contributed by atoms with Gasteiger partial charge in [-0.25, -0.2) is 18.5 Å². The highest BCUT2D eigenvalue weighted by Gasteiger charge is 2.31. The number of H-pyrrole nitrogens is 1. The van der Waals surface area contributed by atoms with Crippen LogP contribution in [0, 0.1) is 0 Å². The minimum atomic E-state index is -3.62. The van der Waals surface area contributed by atoms with E-state index >= 15 is 0 Å². The van der Waals surface area contributed by atoms with E-state index in [0.29, 0.717) is 39.4 Å². The summed E-state index contributed by atoms with van der Waals surface area (Å²) in [6, 6.07) is 8.60. The average molecular weight is 469 g/mol. The lowest BCUT2D eigenvalue weighted by Gasteiger charge is -2.31. The van der Waals surface area contributed by atoms with Gasteiger partial charge in [-0.2, -0.15) is 4.98 Å². The van der Waals surface area contributed by atoms with E-state index in [0.717, 1.165) is 0 Å². The number of aliphatic hydroxyl groups excluding tert-OH is 2. The molecular formula is C19H21ClN4O6S. The molecule has 0 radical (unpaired) electrons. The second kappa shape index (κ2) is 8.69. The number of benzene rings is 1. The summed E-state index contributed by atoms with van der Waals surface area (Å²) < 4.78 is 33.6. The molecule has 1 aliphatic heterocycles. The second-order valence-electron chi connectivity index (χ2n) is 7.33. The Kier molecular flexibility index (Phi) is 6.15. The van der Waals surface area contributed by atoms with Crippen LogP contribution < -0.4 is 9.88 Å². The number of halogens is 1. The molecule has 1 aliphatic rings. The van der Waals surface area contributed by atoms with Gasteiger partial charge in [-0.05, 0) is 11.6 Å². The van der Waals surface area contributed by atoms with Crippen LogP contribution in [0.1, 0.15) is 12.0 Å². The lowest BCUT2D eigenvalue weighted by Crippen LogP contribution is -2.45. The number of nitrogens with zero attached hydrogens (tertiary/aromatic N) is 2. The van der Waals surface area contributed by atoms with Crippen molar-refractivity contribution in [2.75, 3.05) is 13.2 Å². The van der Waals surface area contributed by atoms with Crippen LogP contribution in [0.3, 0.4) is 0 Å². The van der Waals surface area contributed by atoms with Crippen LogP contribution in [0.2, 0.25) is 5.02 Å². The van der Waals surface area contributed by atoms with E-state index in [1.165, 1.54) is 0 Å². The third-order valence-corrected chi connectivity index (χ3v) is 5.91. The van der Waals surface area contributed by atoms with E-state index in [1.807, 2.05) is 0 Å². The fraction of sp³-hybridized carbons (Fsp3) is 0.368. The Bertz CT molecular complexity index is 1180. The van der Waals surface area contributed by atoms with Crippen LogP contribution >= 0.6 is 11.6 Å². The van der Waals surface area contributed by atoms with E-state index in [2.05, 4.69) is 15.0 Å². The molecule has 3 heterocycles. The largest absolute Gasteiger partial charge is 0.459 e. The summed E-state index contributed by atoms with van der Waals surface area (Å²) in [5.74, 6) is -0.258. The van der Waals surface area contributed by atoms with Gasteiger partial charge >= 0.3 is 0 Å². The Balaban J connectivity index is 1.54. The molecule has 0 spiro atoms. The Labute approximate surface area is 183 Å². The molecule has 3 aromatic rings. The number of imidazole rings is 1. The predicted octanol–water partition coefficient (Wildman–Crippen LogP) is 0.956. The number of sulfonamides is 1. The smallest absolute Gasteiger partial charge is 0.296 e. The van der Waals surface area contributed by atoms with Gasteiger partial charge in [0.1, 0.15) is 12.2 Å². The van der Waals surface area contributed by atoms with Crippen LogP contribution in [0.15, 0.2) is 30.3 Å². The minimum absolute atomic E-state index is 0.211. The molecular weight excluding hydrogens is 448 g/mol. The standard InChI is InChI=1S/C19H21ClN4O6S/c20-13-6-14-18(23-17(13)11-3-1-10(2-4-11)9-31(21,27)28)24-19(22-14)30-12-5-15(26)16(7-25)29-8-12/h1-4,6,12,15-16,25-26H,5,7-9H2,(H2,21,27,28)(H,22,23,24). The van der Waals surface area contributed by atoms with Gasteiger partial charge in [0, 0.05) is 12.0 Å². The summed E-state index contributed by atoms with van der Waals surface area (Å²) >= 11 is 6.39. The number of aromatic nitrogens is 3. The fourth-order valence-corrected chi connectivity index (χ4v) is 4.31. The van der Waals surface area contributed by atoms with E-state index in [-0.39, 0.29) is 25.0 Å². The maximum Gasteiger partial charge on any atom is 0.296 e. The lowest BCUT2D eigenvalue weighted by molar-refractivity contribution is -0.131. The van der Waals surface area contributed by atoms with Crippen molar-refractivity contribution in [2.45, 2.75) is 30.5 Å². The number of aliphatic hydroxyl groups is 2. The van der Waals surface area contributed by atoms with Crippen molar-refractivity contribution in [3.05, 3.63) is 40.9 Å². The van der Waals surface area contributed by atoms with Crippen molar-refractivity contribution < 1.29 is 28.1 Å². The molecule has 3 unspecified atom stereocenters. The molecule has 1 saturated heterocycles. The van der Waals surface area contributed by atoms with E-state index < -0.39 is 28.3 Å². The second-order valence-corrected chi connectivity index (χ2v) is 9.35. The summed E-state index contributed by atoms with van der Waals surface area (Å²) in [6.45, 7) is -0.0453. The molecule has 1 aromatic carbocycles. The Morgan fingerprint density at radius 2 is 2.03 bits per heavy atom. The number of nitrogens with one attached hydrogen (secondary N) is 1. The maximum absolute atomic E-state index is 11.2. The number of ether oxygens (including phenoxy) is 2. The van der Waals surface area contributed by atoms with Crippen molar-refractivity contribution >= 4 is 32.8 Å². The normalized spacial score (nSPS) is 22.0. The zero-order valence-electron chi connectivity index (χ0n) is 16.2. The van der Waals surface area contributed by atoms with Gasteiger partial charge in [-0.1, -0.05) is 35.9 Å². The Morgan fingerprint density at radius 1 is 1.29 bits per heavy atom. The zero-order chi connectivity index (χ0) is 22.2. The SMILES string of the molecule is NS(=O)(=O)Cc1ccc(-c2nc3nc(OC4COC(CO)C(O)C4)[nH]c3cc2Cl)cc1. The van der Waals surface area contributed by atoms with Gasteiger partial charge < -0.3 is 24.7 Å². The fourth-order valence-electron chi connectivity index (χ4n) is 3.39. The summed E-state index contributed by atoms with van der Waals surface area (Å²) in [5, 5.41) is 24.6. The summed E-state index contributed by atoms with van der Waals surface area (Å²) in [6.07, 6.45) is -1.58. The molecule has 10 nitrogen and oxygen atoms in total. The van der Waals surface area contributed by atoms with Crippen LogP contribution in [0.25, 0.3) is 22.4 Å². The number of fused-ring (bicyclic) bond motifs is 1. The first kappa shape index (κ1) is 21.9. The topological polar surface area (TPSA) is 161 Å². The van der Waals surface area contributed by atoms with Crippen molar-refractivity contribution in [3.8, 4) is 17.3 Å². The quantitative estimate of drug-likeness (QED) is 0.416. The number of nitrogens with two attached hydrogens (primary N) is 1. The van der Waals surface area contributed by atoms with Gasteiger partial charge in [-0.3, -0.25) is 0 Å². The lowest BCUT2D eigenvalue weighted by atomic mass is 10.0. The molecule has 31 heavy (non-hydrogen) atoms. The number of hydrogen-bond donors (Lipinski definition) is 4. The minimum Gasteiger partial charge on any atom is -0.459 e. The summed E-state index contributed by atoms with van der Waals surface area (Å²) in [7, 11) is -3.62. The molecule has 0 amide bonds. The molecule has 0 aliphatic carbocycles. The predicted molar refractivity (Wildman–Crippen MR) is 113 cm³/mol. The molecule has 4 rings (SSSR count). The number of primary sulfonamides is 1. The molecule has 3 atom stereocenters. The number of rotatable bonds is 6. The number of hydrogen-bond acceptors (Lipinski definition) is 8. The first-order valence-corrected chi connectivity index (χ1v) is 11.5. The van der Waals surface area contributed by atoms with Crippen LogP contribution in [0.4, 0.5) is 0 Å². The van der Waals surface area contributed by atoms with E-state index in [4.69, 9.17) is 31.3 Å². The van der Waals surface area contributed by atoms with Gasteiger partial charge in [0.15, 0.2) is 5.65 Å². The highest BCUT2D eigenvalue weighted by atomic mass is 35.5.